The van der Waals surface area contributed by atoms with Crippen LogP contribution in [0.3, 0.4) is 0 Å². The van der Waals surface area contributed by atoms with Crippen LogP contribution in [0.25, 0.3) is 0 Å². The summed E-state index contributed by atoms with van der Waals surface area (Å²) in [6.07, 6.45) is 4.27. The van der Waals surface area contributed by atoms with Crippen molar-refractivity contribution < 1.29 is 14.3 Å². The van der Waals surface area contributed by atoms with E-state index in [1.54, 1.807) is 59.4 Å². The highest BCUT2D eigenvalue weighted by Gasteiger charge is 2.09. The molecule has 0 radical (unpaired) electrons. The minimum Gasteiger partial charge on any atom is -0.462 e. The summed E-state index contributed by atoms with van der Waals surface area (Å²) >= 11 is 0. The van der Waals surface area contributed by atoms with E-state index >= 15 is 0 Å². The number of nitrogens with zero attached hydrogens (tertiary/aromatic N) is 3. The predicted octanol–water partition coefficient (Wildman–Crippen LogP) is 3.79. The van der Waals surface area contributed by atoms with Crippen LogP contribution in [0, 0.1) is 11.3 Å². The number of benzene rings is 2. The van der Waals surface area contributed by atoms with Crippen molar-refractivity contribution in [1.29, 1.82) is 5.26 Å². The first-order chi connectivity index (χ1) is 12.7. The van der Waals surface area contributed by atoms with Gasteiger partial charge in [0.05, 0.1) is 23.8 Å². The molecule has 0 N–H and O–H groups in total. The van der Waals surface area contributed by atoms with Crippen LogP contribution in [-0.2, 0) is 11.3 Å². The maximum Gasteiger partial charge on any atom is 0.338 e. The van der Waals surface area contributed by atoms with Crippen LogP contribution in [0.2, 0.25) is 0 Å². The number of hydrogen-bond donors (Lipinski definition) is 0. The van der Waals surface area contributed by atoms with Crippen LogP contribution < -0.4 is 4.74 Å². The molecular weight excluding hydrogens is 330 g/mol. The molecule has 0 atom stereocenters. The van der Waals surface area contributed by atoms with Crippen molar-refractivity contribution in [3.05, 3.63) is 78.1 Å². The lowest BCUT2D eigenvalue weighted by molar-refractivity contribution is 0.0494. The number of hydrogen-bond acceptors (Lipinski definition) is 5. The van der Waals surface area contributed by atoms with Crippen molar-refractivity contribution >= 4 is 5.97 Å². The summed E-state index contributed by atoms with van der Waals surface area (Å²) in [4.78, 5) is 12.2. The van der Waals surface area contributed by atoms with Crippen molar-refractivity contribution in [2.24, 2.45) is 0 Å². The lowest BCUT2D eigenvalue weighted by Crippen LogP contribution is -2.09. The van der Waals surface area contributed by atoms with Gasteiger partial charge in [-0.1, -0.05) is 6.07 Å². The van der Waals surface area contributed by atoms with Gasteiger partial charge in [-0.2, -0.15) is 10.4 Å². The Morgan fingerprint density at radius 2 is 1.96 bits per heavy atom. The average molecular weight is 347 g/mol. The van der Waals surface area contributed by atoms with Gasteiger partial charge in [-0.25, -0.2) is 4.79 Å². The number of carbonyl (C=O) groups is 1. The first kappa shape index (κ1) is 17.2. The summed E-state index contributed by atoms with van der Waals surface area (Å²) in [7, 11) is 0. The normalized spacial score (nSPS) is 10.1. The number of rotatable bonds is 7. The highest BCUT2D eigenvalue weighted by molar-refractivity contribution is 5.89. The molecule has 6 nitrogen and oxygen atoms in total. The Morgan fingerprint density at radius 1 is 1.12 bits per heavy atom. The fraction of sp³-hybridized carbons (Fsp3) is 0.150. The van der Waals surface area contributed by atoms with Gasteiger partial charge in [-0.15, -0.1) is 0 Å². The second kappa shape index (κ2) is 8.49. The lowest BCUT2D eigenvalue weighted by atomic mass is 10.2. The quantitative estimate of drug-likeness (QED) is 0.480. The van der Waals surface area contributed by atoms with Crippen LogP contribution in [-0.4, -0.2) is 22.4 Å². The topological polar surface area (TPSA) is 77.1 Å². The number of aryl methyl sites for hydroxylation is 1. The summed E-state index contributed by atoms with van der Waals surface area (Å²) in [5, 5.41) is 12.9. The molecule has 0 saturated heterocycles. The lowest BCUT2D eigenvalue weighted by Gasteiger charge is -2.08. The van der Waals surface area contributed by atoms with Crippen molar-refractivity contribution in [3.63, 3.8) is 0 Å². The fourth-order valence-corrected chi connectivity index (χ4v) is 2.33. The zero-order chi connectivity index (χ0) is 18.2. The third kappa shape index (κ3) is 4.71. The maximum atomic E-state index is 12.2. The van der Waals surface area contributed by atoms with E-state index in [0.717, 1.165) is 0 Å². The van der Waals surface area contributed by atoms with Gasteiger partial charge in [0.25, 0.3) is 0 Å². The molecule has 0 aliphatic heterocycles. The second-order valence-corrected chi connectivity index (χ2v) is 5.52. The summed E-state index contributed by atoms with van der Waals surface area (Å²) in [6, 6.07) is 17.5. The van der Waals surface area contributed by atoms with Gasteiger partial charge in [0, 0.05) is 25.4 Å². The van der Waals surface area contributed by atoms with Gasteiger partial charge in [0.1, 0.15) is 11.5 Å². The summed E-state index contributed by atoms with van der Waals surface area (Å²) in [5.74, 6) is 0.727. The molecule has 1 aromatic heterocycles. The number of carbonyl (C=O) groups excluding carboxylic acids is 1. The smallest absolute Gasteiger partial charge is 0.338 e. The number of esters is 1. The van der Waals surface area contributed by atoms with Gasteiger partial charge in [-0.05, 0) is 48.5 Å². The molecule has 0 unspecified atom stereocenters. The van der Waals surface area contributed by atoms with Crippen LogP contribution in [0.1, 0.15) is 22.3 Å². The van der Waals surface area contributed by atoms with Crippen molar-refractivity contribution in [2.45, 2.75) is 13.0 Å². The Labute approximate surface area is 151 Å². The Kier molecular flexibility index (Phi) is 5.63. The van der Waals surface area contributed by atoms with Crippen LogP contribution >= 0.6 is 0 Å². The van der Waals surface area contributed by atoms with Crippen LogP contribution in [0.15, 0.2) is 67.0 Å². The third-order valence-electron chi connectivity index (χ3n) is 3.61. The number of nitriles is 1. The Balaban J connectivity index is 1.53. The fourth-order valence-electron chi connectivity index (χ4n) is 2.33. The van der Waals surface area contributed by atoms with E-state index in [2.05, 4.69) is 11.2 Å². The molecule has 0 aliphatic rings. The van der Waals surface area contributed by atoms with Gasteiger partial charge in [-0.3, -0.25) is 4.68 Å². The minimum absolute atomic E-state index is 0.319. The minimum atomic E-state index is -0.393. The Bertz CT molecular complexity index is 897. The molecule has 26 heavy (non-hydrogen) atoms. The molecule has 3 rings (SSSR count). The molecule has 0 spiro atoms. The van der Waals surface area contributed by atoms with E-state index in [9.17, 15) is 4.79 Å². The van der Waals surface area contributed by atoms with Gasteiger partial charge in [0.2, 0.25) is 0 Å². The van der Waals surface area contributed by atoms with E-state index in [1.165, 1.54) is 0 Å². The van der Waals surface area contributed by atoms with Crippen molar-refractivity contribution in [2.75, 3.05) is 6.61 Å². The highest BCUT2D eigenvalue weighted by atomic mass is 16.5. The Hall–Kier alpha value is -3.59. The van der Waals surface area contributed by atoms with E-state index in [-0.39, 0.29) is 0 Å². The molecule has 130 valence electrons. The molecule has 2 aromatic carbocycles. The summed E-state index contributed by atoms with van der Waals surface area (Å²) < 4.78 is 12.8. The molecule has 3 aromatic rings. The highest BCUT2D eigenvalue weighted by Crippen LogP contribution is 2.23. The number of aromatic nitrogens is 2. The monoisotopic (exact) mass is 347 g/mol. The zero-order valence-electron chi connectivity index (χ0n) is 14.0. The van der Waals surface area contributed by atoms with Crippen LogP contribution in [0.5, 0.6) is 11.5 Å². The summed E-state index contributed by atoms with van der Waals surface area (Å²) in [6.45, 7) is 1.02. The first-order valence-corrected chi connectivity index (χ1v) is 8.17. The van der Waals surface area contributed by atoms with Gasteiger partial charge in [0.15, 0.2) is 0 Å². The van der Waals surface area contributed by atoms with Gasteiger partial charge < -0.3 is 9.47 Å². The zero-order valence-corrected chi connectivity index (χ0v) is 14.0. The molecule has 0 saturated carbocycles. The Morgan fingerprint density at radius 3 is 2.69 bits per heavy atom. The van der Waals surface area contributed by atoms with Crippen molar-refractivity contribution in [3.8, 4) is 17.6 Å². The number of ether oxygens (including phenoxy) is 2. The molecule has 1 heterocycles. The molecule has 0 aliphatic carbocycles. The molecule has 0 fully saturated rings. The maximum absolute atomic E-state index is 12.2. The average Bonchev–Trinajstić information content (AvgIpc) is 3.19. The van der Waals surface area contributed by atoms with Crippen LogP contribution in [0.4, 0.5) is 0 Å². The third-order valence-corrected chi connectivity index (χ3v) is 3.61. The molecule has 0 bridgehead atoms. The van der Waals surface area contributed by atoms with E-state index in [0.29, 0.717) is 42.2 Å². The van der Waals surface area contributed by atoms with E-state index in [4.69, 9.17) is 14.7 Å². The van der Waals surface area contributed by atoms with Crippen molar-refractivity contribution in [1.82, 2.24) is 9.78 Å². The van der Waals surface area contributed by atoms with E-state index < -0.39 is 5.97 Å². The molecule has 0 amide bonds. The van der Waals surface area contributed by atoms with E-state index in [1.807, 2.05) is 12.3 Å². The molecular formula is C20H17N3O3. The standard InChI is InChI=1S/C20H17N3O3/c21-15-16-6-8-18(9-7-16)26-19-5-1-4-17(14-19)20(24)25-13-3-12-23-11-2-10-22-23/h1-2,4-11,14H,3,12-13H2. The van der Waals surface area contributed by atoms with Gasteiger partial charge >= 0.3 is 5.97 Å². The second-order valence-electron chi connectivity index (χ2n) is 5.52. The SMILES string of the molecule is N#Cc1ccc(Oc2cccc(C(=O)OCCCn3cccn3)c2)cc1. The largest absolute Gasteiger partial charge is 0.462 e. The first-order valence-electron chi connectivity index (χ1n) is 8.17. The molecule has 6 heteroatoms. The summed E-state index contributed by atoms with van der Waals surface area (Å²) in [5.41, 5.74) is 0.986. The predicted molar refractivity (Wildman–Crippen MR) is 94.8 cm³/mol.